The fraction of sp³-hybridized carbons (Fsp3) is 0.400. The Morgan fingerprint density at radius 1 is 1.18 bits per heavy atom. The average molecular weight is 268 g/mol. The van der Waals surface area contributed by atoms with Crippen molar-refractivity contribution < 1.29 is 25.8 Å². The highest BCUT2D eigenvalue weighted by atomic mass is 32.2. The molecule has 1 aromatic carbocycles. The lowest BCUT2D eigenvalue weighted by Gasteiger charge is -2.14. The van der Waals surface area contributed by atoms with Gasteiger partial charge in [-0.25, -0.2) is 0 Å². The van der Waals surface area contributed by atoms with Gasteiger partial charge in [-0.3, -0.25) is 4.18 Å². The van der Waals surface area contributed by atoms with Crippen LogP contribution in [0.4, 0.5) is 13.2 Å². The van der Waals surface area contributed by atoms with Crippen LogP contribution < -0.4 is 0 Å². The van der Waals surface area contributed by atoms with Crippen molar-refractivity contribution in [2.45, 2.75) is 31.0 Å². The van der Waals surface area contributed by atoms with Crippen LogP contribution in [0.5, 0.6) is 0 Å². The fourth-order valence-electron chi connectivity index (χ4n) is 1.22. The van der Waals surface area contributed by atoms with Gasteiger partial charge in [0, 0.05) is 0 Å². The SMILES string of the molecule is CC(C)OS(=O)(=O)c1ccccc1C(F)(F)F. The Bertz CT molecular complexity index is 492. The van der Waals surface area contributed by atoms with E-state index in [0.717, 1.165) is 12.1 Å². The molecule has 0 aliphatic rings. The maximum Gasteiger partial charge on any atom is 0.417 e. The number of halogens is 3. The Labute approximate surface area is 97.3 Å². The quantitative estimate of drug-likeness (QED) is 0.792. The van der Waals surface area contributed by atoms with E-state index in [0.29, 0.717) is 6.07 Å². The van der Waals surface area contributed by atoms with E-state index in [9.17, 15) is 21.6 Å². The lowest BCUT2D eigenvalue weighted by Crippen LogP contribution is -2.17. The van der Waals surface area contributed by atoms with Gasteiger partial charge in [0.1, 0.15) is 4.90 Å². The molecule has 0 bridgehead atoms. The highest BCUT2D eigenvalue weighted by molar-refractivity contribution is 7.86. The van der Waals surface area contributed by atoms with Crippen molar-refractivity contribution in [3.05, 3.63) is 29.8 Å². The molecule has 17 heavy (non-hydrogen) atoms. The Balaban J connectivity index is 3.33. The summed E-state index contributed by atoms with van der Waals surface area (Å²) in [4.78, 5) is -0.860. The van der Waals surface area contributed by atoms with Crippen LogP contribution in [-0.2, 0) is 20.5 Å². The average Bonchev–Trinajstić information content (AvgIpc) is 2.14. The monoisotopic (exact) mass is 268 g/mol. The molecular formula is C10H11F3O3S. The molecule has 0 aliphatic carbocycles. The zero-order valence-corrected chi connectivity index (χ0v) is 9.97. The summed E-state index contributed by atoms with van der Waals surface area (Å²) in [5.74, 6) is 0. The molecule has 1 aromatic rings. The van der Waals surface area contributed by atoms with Crippen LogP contribution in [0.25, 0.3) is 0 Å². The number of rotatable bonds is 3. The van der Waals surface area contributed by atoms with E-state index in [4.69, 9.17) is 0 Å². The molecule has 1 rings (SSSR count). The van der Waals surface area contributed by atoms with Gasteiger partial charge in [-0.2, -0.15) is 21.6 Å². The lowest BCUT2D eigenvalue weighted by molar-refractivity contribution is -0.140. The van der Waals surface area contributed by atoms with Crippen LogP contribution in [0.15, 0.2) is 29.2 Å². The topological polar surface area (TPSA) is 43.4 Å². The Morgan fingerprint density at radius 3 is 2.18 bits per heavy atom. The van der Waals surface area contributed by atoms with Crippen LogP contribution in [0.1, 0.15) is 19.4 Å². The summed E-state index contributed by atoms with van der Waals surface area (Å²) >= 11 is 0. The van der Waals surface area contributed by atoms with E-state index in [1.165, 1.54) is 19.9 Å². The standard InChI is InChI=1S/C10H11F3O3S/c1-7(2)16-17(14,15)9-6-4-3-5-8(9)10(11,12)13/h3-7H,1-2H3. The van der Waals surface area contributed by atoms with Crippen molar-refractivity contribution in [1.82, 2.24) is 0 Å². The van der Waals surface area contributed by atoms with Gasteiger partial charge >= 0.3 is 6.18 Å². The highest BCUT2D eigenvalue weighted by Gasteiger charge is 2.37. The molecule has 3 nitrogen and oxygen atoms in total. The molecule has 7 heteroatoms. The Morgan fingerprint density at radius 2 is 1.71 bits per heavy atom. The van der Waals surface area contributed by atoms with Gasteiger partial charge in [-0.05, 0) is 26.0 Å². The number of benzene rings is 1. The van der Waals surface area contributed by atoms with Crippen molar-refractivity contribution >= 4 is 10.1 Å². The molecule has 96 valence electrons. The first-order chi connectivity index (χ1) is 7.64. The van der Waals surface area contributed by atoms with Gasteiger partial charge in [0.15, 0.2) is 0 Å². The smallest absolute Gasteiger partial charge is 0.264 e. The van der Waals surface area contributed by atoms with Crippen LogP contribution >= 0.6 is 0 Å². The van der Waals surface area contributed by atoms with Gasteiger partial charge in [0.2, 0.25) is 0 Å². The molecule has 0 aliphatic heterocycles. The molecule has 0 fully saturated rings. The Kier molecular flexibility index (Phi) is 3.83. The second kappa shape index (κ2) is 4.66. The first-order valence-electron chi connectivity index (χ1n) is 4.74. The minimum Gasteiger partial charge on any atom is -0.264 e. The summed E-state index contributed by atoms with van der Waals surface area (Å²) in [6.07, 6.45) is -5.45. The number of hydrogen-bond acceptors (Lipinski definition) is 3. The van der Waals surface area contributed by atoms with Gasteiger partial charge < -0.3 is 0 Å². The summed E-state index contributed by atoms with van der Waals surface area (Å²) in [5, 5.41) is 0. The van der Waals surface area contributed by atoms with E-state index >= 15 is 0 Å². The molecule has 0 saturated heterocycles. The second-order valence-electron chi connectivity index (χ2n) is 3.59. The third-order valence-corrected chi connectivity index (χ3v) is 3.31. The molecule has 0 amide bonds. The minimum atomic E-state index is -4.73. The first-order valence-corrected chi connectivity index (χ1v) is 6.15. The summed E-state index contributed by atoms with van der Waals surface area (Å²) in [5.41, 5.74) is -1.22. The highest BCUT2D eigenvalue weighted by Crippen LogP contribution is 2.34. The maximum absolute atomic E-state index is 12.6. The lowest BCUT2D eigenvalue weighted by atomic mass is 10.2. The third kappa shape index (κ3) is 3.44. The van der Waals surface area contributed by atoms with Crippen molar-refractivity contribution in [2.75, 3.05) is 0 Å². The molecule has 0 aromatic heterocycles. The molecular weight excluding hydrogens is 257 g/mol. The number of hydrogen-bond donors (Lipinski definition) is 0. The van der Waals surface area contributed by atoms with Crippen LogP contribution in [0, 0.1) is 0 Å². The Hall–Kier alpha value is -1.08. The molecule has 0 unspecified atom stereocenters. The summed E-state index contributed by atoms with van der Waals surface area (Å²) < 4.78 is 65.5. The predicted molar refractivity (Wildman–Crippen MR) is 54.9 cm³/mol. The summed E-state index contributed by atoms with van der Waals surface area (Å²) in [7, 11) is -4.39. The molecule has 0 atom stereocenters. The van der Waals surface area contributed by atoms with Crippen LogP contribution in [-0.4, -0.2) is 14.5 Å². The third-order valence-electron chi connectivity index (χ3n) is 1.78. The zero-order chi connectivity index (χ0) is 13.3. The van der Waals surface area contributed by atoms with E-state index in [-0.39, 0.29) is 0 Å². The fourth-order valence-corrected chi connectivity index (χ4v) is 2.53. The van der Waals surface area contributed by atoms with Crippen LogP contribution in [0.2, 0.25) is 0 Å². The summed E-state index contributed by atoms with van der Waals surface area (Å²) in [6.45, 7) is 2.85. The molecule has 0 N–H and O–H groups in total. The molecule has 0 spiro atoms. The van der Waals surface area contributed by atoms with Gasteiger partial charge in [0.05, 0.1) is 11.7 Å². The van der Waals surface area contributed by atoms with Crippen molar-refractivity contribution in [3.8, 4) is 0 Å². The number of alkyl halides is 3. The normalized spacial score (nSPS) is 13.1. The summed E-state index contributed by atoms with van der Waals surface area (Å²) in [6, 6.07) is 3.92. The largest absolute Gasteiger partial charge is 0.417 e. The zero-order valence-electron chi connectivity index (χ0n) is 9.15. The van der Waals surface area contributed by atoms with E-state index in [2.05, 4.69) is 4.18 Å². The maximum atomic E-state index is 12.6. The minimum absolute atomic E-state index is 0.705. The van der Waals surface area contributed by atoms with E-state index in [1.807, 2.05) is 0 Å². The molecule has 0 radical (unpaired) electrons. The second-order valence-corrected chi connectivity index (χ2v) is 5.13. The van der Waals surface area contributed by atoms with Crippen LogP contribution in [0.3, 0.4) is 0 Å². The van der Waals surface area contributed by atoms with Crippen molar-refractivity contribution in [2.24, 2.45) is 0 Å². The van der Waals surface area contributed by atoms with Crippen molar-refractivity contribution in [1.29, 1.82) is 0 Å². The molecule has 0 saturated carbocycles. The van der Waals surface area contributed by atoms with E-state index < -0.39 is 32.9 Å². The van der Waals surface area contributed by atoms with Gasteiger partial charge in [-0.15, -0.1) is 0 Å². The van der Waals surface area contributed by atoms with Gasteiger partial charge in [-0.1, -0.05) is 12.1 Å². The first kappa shape index (κ1) is 14.0. The van der Waals surface area contributed by atoms with Gasteiger partial charge in [0.25, 0.3) is 10.1 Å². The van der Waals surface area contributed by atoms with Crippen molar-refractivity contribution in [3.63, 3.8) is 0 Å². The predicted octanol–water partition coefficient (Wildman–Crippen LogP) is 2.82. The van der Waals surface area contributed by atoms with E-state index in [1.54, 1.807) is 0 Å². The molecule has 0 heterocycles.